The van der Waals surface area contributed by atoms with E-state index in [9.17, 15) is 15.3 Å². The molecule has 0 unspecified atom stereocenters. The predicted octanol–water partition coefficient (Wildman–Crippen LogP) is 4.23. The van der Waals surface area contributed by atoms with Gasteiger partial charge in [-0.3, -0.25) is 4.99 Å². The van der Waals surface area contributed by atoms with Crippen molar-refractivity contribution in [3.63, 3.8) is 0 Å². The highest BCUT2D eigenvalue weighted by Crippen LogP contribution is 2.59. The zero-order valence-electron chi connectivity index (χ0n) is 25.0. The Bertz CT molecular complexity index is 1530. The smallest absolute Gasteiger partial charge is 0.189 e. The van der Waals surface area contributed by atoms with Crippen LogP contribution in [0.15, 0.2) is 77.8 Å². The first-order valence-corrected chi connectivity index (χ1v) is 15.5. The van der Waals surface area contributed by atoms with Crippen molar-refractivity contribution in [1.82, 2.24) is 10.3 Å². The van der Waals surface area contributed by atoms with Gasteiger partial charge in [-0.1, -0.05) is 66.6 Å². The molecule has 2 bridgehead atoms. The van der Waals surface area contributed by atoms with E-state index < -0.39 is 28.8 Å². The molecule has 0 spiro atoms. The Morgan fingerprint density at radius 2 is 1.86 bits per heavy atom. The second kappa shape index (κ2) is 11.5. The molecular weight excluding hydrogens is 536 g/mol. The number of aliphatic hydroxyl groups excluding tert-OH is 1. The maximum absolute atomic E-state index is 12.3. The fourth-order valence-electron chi connectivity index (χ4n) is 7.93. The number of H-pyrrole nitrogens is 1. The summed E-state index contributed by atoms with van der Waals surface area (Å²) in [6.07, 6.45) is 3.43. The van der Waals surface area contributed by atoms with Gasteiger partial charge in [0, 0.05) is 42.4 Å². The average molecular weight is 581 g/mol. The third kappa shape index (κ3) is 5.84. The molecule has 0 radical (unpaired) electrons. The van der Waals surface area contributed by atoms with Crippen LogP contribution < -0.4 is 11.1 Å². The summed E-state index contributed by atoms with van der Waals surface area (Å²) >= 11 is 0. The summed E-state index contributed by atoms with van der Waals surface area (Å²) in [5, 5.41) is 39.8. The quantitative estimate of drug-likeness (QED) is 0.108. The highest BCUT2D eigenvalue weighted by molar-refractivity contribution is 5.80. The number of hydrogen-bond acceptors (Lipinski definition) is 4. The summed E-state index contributed by atoms with van der Waals surface area (Å²) in [4.78, 5) is 8.05. The number of aliphatic imine (C=N–C) groups is 1. The first-order valence-electron chi connectivity index (χ1n) is 15.5. The maximum atomic E-state index is 12.3. The number of fused-ring (bicyclic) bond motifs is 2. The van der Waals surface area contributed by atoms with E-state index in [1.165, 1.54) is 5.56 Å². The number of aliphatic hydroxyl groups is 3. The number of para-hydroxylation sites is 1. The van der Waals surface area contributed by atoms with Crippen LogP contribution in [0, 0.1) is 29.1 Å². The van der Waals surface area contributed by atoms with Crippen molar-refractivity contribution >= 4 is 16.9 Å². The monoisotopic (exact) mass is 580 g/mol. The molecule has 6 rings (SSSR count). The van der Waals surface area contributed by atoms with E-state index in [1.807, 2.05) is 37.3 Å². The van der Waals surface area contributed by atoms with Gasteiger partial charge in [-0.2, -0.15) is 0 Å². The van der Waals surface area contributed by atoms with Crippen molar-refractivity contribution < 1.29 is 15.3 Å². The molecule has 7 N–H and O–H groups in total. The molecule has 0 saturated heterocycles. The molecule has 2 fully saturated rings. The fourth-order valence-corrected chi connectivity index (χ4v) is 7.93. The lowest BCUT2D eigenvalue weighted by Gasteiger charge is -2.41. The molecule has 3 aliphatic rings. The normalized spacial score (nSPS) is 33.9. The van der Waals surface area contributed by atoms with Gasteiger partial charge in [0.1, 0.15) is 0 Å². The molecule has 2 aromatic carbocycles. The molecule has 7 nitrogen and oxygen atoms in total. The molecule has 7 atom stereocenters. The number of nitrogens with zero attached hydrogens (tertiary/aromatic N) is 1. The van der Waals surface area contributed by atoms with Crippen LogP contribution in [-0.2, 0) is 12.8 Å². The topological polar surface area (TPSA) is 127 Å². The highest BCUT2D eigenvalue weighted by Gasteiger charge is 2.62. The standard InChI is InChI=1S/C36H44N4O3/c1-24(19-28-20-26-11-6-7-13-31(26)39-28)35-15-8-12-27(40-33(37)38-18-14-25-9-4-3-5-10-25)22-36(43)30(23-35)29(21-32(36)41)34(2,42)16-17-35/h3-7,9-11,13,20,27,29-30,32,39,41-43H,1,14-19,21-23H2,2H3,(H3,37,38,40)/t27-,29+,30+,32-,34-,35+,36-/m1/s1. The third-order valence-electron chi connectivity index (χ3n) is 10.5. The minimum atomic E-state index is -1.44. The van der Waals surface area contributed by atoms with E-state index in [1.54, 1.807) is 0 Å². The molecule has 0 amide bonds. The van der Waals surface area contributed by atoms with Gasteiger partial charge in [0.15, 0.2) is 5.96 Å². The molecule has 0 aliphatic heterocycles. The van der Waals surface area contributed by atoms with E-state index in [-0.39, 0.29) is 24.2 Å². The number of rotatable bonds is 7. The van der Waals surface area contributed by atoms with Gasteiger partial charge in [-0.05, 0) is 73.9 Å². The number of hydrogen-bond donors (Lipinski definition) is 6. The predicted molar refractivity (Wildman–Crippen MR) is 171 cm³/mol. The van der Waals surface area contributed by atoms with Crippen LogP contribution in [0.4, 0.5) is 0 Å². The van der Waals surface area contributed by atoms with Gasteiger partial charge >= 0.3 is 0 Å². The summed E-state index contributed by atoms with van der Waals surface area (Å²) in [6, 6.07) is 20.0. The van der Waals surface area contributed by atoms with E-state index in [4.69, 9.17) is 5.73 Å². The number of nitrogens with one attached hydrogen (secondary N) is 2. The molecule has 226 valence electrons. The SMILES string of the molecule is C=C(Cc1cc2ccccc2[nH]1)[C@]12CC#C[C@@H](NC(N)=NCCc3ccccc3)C[C@]3(O)[C@H](O)C[C@@H]([C@@H]3C1)[C@](C)(O)CC2. The number of aromatic nitrogens is 1. The van der Waals surface area contributed by atoms with Gasteiger partial charge in [0.25, 0.3) is 0 Å². The Morgan fingerprint density at radius 3 is 2.65 bits per heavy atom. The molecule has 3 aromatic rings. The van der Waals surface area contributed by atoms with Crippen molar-refractivity contribution in [2.45, 2.75) is 81.6 Å². The zero-order chi connectivity index (χ0) is 30.2. The van der Waals surface area contributed by atoms with Crippen LogP contribution in [-0.4, -0.2) is 56.2 Å². The lowest BCUT2D eigenvalue weighted by Crippen LogP contribution is -2.52. The summed E-state index contributed by atoms with van der Waals surface area (Å²) in [6.45, 7) is 7.01. The maximum Gasteiger partial charge on any atom is 0.189 e. The van der Waals surface area contributed by atoms with Crippen molar-refractivity contribution in [2.75, 3.05) is 6.54 Å². The Morgan fingerprint density at radius 1 is 1.09 bits per heavy atom. The number of nitrogens with two attached hydrogens (primary N) is 1. The molecule has 2 saturated carbocycles. The van der Waals surface area contributed by atoms with E-state index in [0.29, 0.717) is 45.1 Å². The van der Waals surface area contributed by atoms with Crippen LogP contribution in [0.25, 0.3) is 10.9 Å². The summed E-state index contributed by atoms with van der Waals surface area (Å²) in [5.41, 5.74) is 7.83. The fraction of sp³-hybridized carbons (Fsp3) is 0.472. The molecule has 1 aromatic heterocycles. The van der Waals surface area contributed by atoms with Gasteiger partial charge in [-0.25, -0.2) is 0 Å². The Balaban J connectivity index is 1.29. The van der Waals surface area contributed by atoms with Gasteiger partial charge in [-0.15, -0.1) is 5.92 Å². The Labute approximate surface area is 254 Å². The first kappa shape index (κ1) is 29.5. The van der Waals surface area contributed by atoms with Gasteiger partial charge in [0.05, 0.1) is 23.3 Å². The highest BCUT2D eigenvalue weighted by atomic mass is 16.3. The largest absolute Gasteiger partial charge is 0.390 e. The van der Waals surface area contributed by atoms with Gasteiger partial charge < -0.3 is 31.4 Å². The Hall–Kier alpha value is -3.57. The van der Waals surface area contributed by atoms with Crippen LogP contribution in [0.1, 0.15) is 56.7 Å². The third-order valence-corrected chi connectivity index (χ3v) is 10.5. The summed E-state index contributed by atoms with van der Waals surface area (Å²) in [7, 11) is 0. The second-order valence-electron chi connectivity index (χ2n) is 13.4. The van der Waals surface area contributed by atoms with Crippen molar-refractivity contribution in [3.8, 4) is 11.8 Å². The number of allylic oxidation sites excluding steroid dienone is 1. The minimum absolute atomic E-state index is 0.192. The summed E-state index contributed by atoms with van der Waals surface area (Å²) in [5.74, 6) is 6.47. The summed E-state index contributed by atoms with van der Waals surface area (Å²) < 4.78 is 0. The minimum Gasteiger partial charge on any atom is -0.390 e. The van der Waals surface area contributed by atoms with Crippen LogP contribution >= 0.6 is 0 Å². The average Bonchev–Trinajstić information content (AvgIpc) is 3.47. The van der Waals surface area contributed by atoms with Gasteiger partial charge in [0.2, 0.25) is 0 Å². The Kier molecular flexibility index (Phi) is 7.89. The van der Waals surface area contributed by atoms with Crippen molar-refractivity contribution in [2.24, 2.45) is 28.0 Å². The molecule has 43 heavy (non-hydrogen) atoms. The number of benzene rings is 2. The molecule has 7 heteroatoms. The van der Waals surface area contributed by atoms with E-state index in [0.717, 1.165) is 28.6 Å². The molecule has 1 heterocycles. The molecular formula is C36H44N4O3. The van der Waals surface area contributed by atoms with Crippen LogP contribution in [0.2, 0.25) is 0 Å². The first-order chi connectivity index (χ1) is 20.6. The van der Waals surface area contributed by atoms with E-state index >= 15 is 0 Å². The lowest BCUT2D eigenvalue weighted by atomic mass is 9.66. The van der Waals surface area contributed by atoms with Crippen LogP contribution in [0.3, 0.4) is 0 Å². The van der Waals surface area contributed by atoms with Crippen LogP contribution in [0.5, 0.6) is 0 Å². The molecule has 3 aliphatic carbocycles. The van der Waals surface area contributed by atoms with E-state index in [2.05, 4.69) is 64.0 Å². The number of guanidine groups is 1. The zero-order valence-corrected chi connectivity index (χ0v) is 25.0. The van der Waals surface area contributed by atoms with Crippen molar-refractivity contribution in [3.05, 3.63) is 84.1 Å². The number of aromatic amines is 1. The lowest BCUT2D eigenvalue weighted by molar-refractivity contribution is -0.105. The second-order valence-corrected chi connectivity index (χ2v) is 13.4. The van der Waals surface area contributed by atoms with Crippen molar-refractivity contribution in [1.29, 1.82) is 0 Å².